The fraction of sp³-hybridized carbons (Fsp3) is 0.375. The number of nitrogens with zero attached hydrogens (tertiary/aromatic N) is 2. The minimum atomic E-state index is -0.794. The van der Waals surface area contributed by atoms with Gasteiger partial charge in [0.25, 0.3) is 0 Å². The molecular formula is C16H21N3O2. The number of aryl methyl sites for hydroxylation is 1. The van der Waals surface area contributed by atoms with E-state index in [4.69, 9.17) is 5.11 Å². The van der Waals surface area contributed by atoms with Crippen LogP contribution in [-0.4, -0.2) is 27.4 Å². The Labute approximate surface area is 124 Å². The van der Waals surface area contributed by atoms with Gasteiger partial charge in [0.2, 0.25) is 0 Å². The van der Waals surface area contributed by atoms with Crippen molar-refractivity contribution in [3.8, 4) is 0 Å². The zero-order valence-corrected chi connectivity index (χ0v) is 12.4. The second-order valence-electron chi connectivity index (χ2n) is 5.17. The molecule has 0 radical (unpaired) electrons. The van der Waals surface area contributed by atoms with Crippen LogP contribution in [0.2, 0.25) is 0 Å². The van der Waals surface area contributed by atoms with Crippen molar-refractivity contribution in [1.29, 1.82) is 0 Å². The fourth-order valence-electron chi connectivity index (χ4n) is 2.16. The molecule has 112 valence electrons. The van der Waals surface area contributed by atoms with Crippen molar-refractivity contribution in [2.75, 3.05) is 6.54 Å². The first-order chi connectivity index (χ1) is 10.1. The lowest BCUT2D eigenvalue weighted by atomic mass is 10.00. The number of hydrogen-bond acceptors (Lipinski definition) is 3. The summed E-state index contributed by atoms with van der Waals surface area (Å²) >= 11 is 0. The Morgan fingerprint density at radius 3 is 2.62 bits per heavy atom. The van der Waals surface area contributed by atoms with Gasteiger partial charge in [-0.3, -0.25) is 9.48 Å². The molecule has 1 aromatic heterocycles. The van der Waals surface area contributed by atoms with Gasteiger partial charge in [-0.2, -0.15) is 5.10 Å². The van der Waals surface area contributed by atoms with Gasteiger partial charge < -0.3 is 10.4 Å². The lowest BCUT2D eigenvalue weighted by Gasteiger charge is -2.09. The number of rotatable bonds is 7. The molecular weight excluding hydrogens is 266 g/mol. The summed E-state index contributed by atoms with van der Waals surface area (Å²) in [5.41, 5.74) is 3.19. The highest BCUT2D eigenvalue weighted by atomic mass is 16.4. The van der Waals surface area contributed by atoms with Gasteiger partial charge in [0.1, 0.15) is 0 Å². The molecule has 2 N–H and O–H groups in total. The molecule has 5 heteroatoms. The van der Waals surface area contributed by atoms with Gasteiger partial charge in [-0.05, 0) is 24.1 Å². The second kappa shape index (κ2) is 7.04. The monoisotopic (exact) mass is 287 g/mol. The van der Waals surface area contributed by atoms with E-state index in [2.05, 4.69) is 10.4 Å². The molecule has 0 spiro atoms. The SMILES string of the molecule is CC(C(=O)O)c1ccc(CNCCc2ccnn2C)cc1. The van der Waals surface area contributed by atoms with Crippen LogP contribution in [0.25, 0.3) is 0 Å². The quantitative estimate of drug-likeness (QED) is 0.764. The van der Waals surface area contributed by atoms with Crippen LogP contribution in [-0.2, 0) is 24.8 Å². The predicted molar refractivity (Wildman–Crippen MR) is 81.1 cm³/mol. The zero-order valence-electron chi connectivity index (χ0n) is 12.4. The number of carbonyl (C=O) groups is 1. The highest BCUT2D eigenvalue weighted by molar-refractivity contribution is 5.75. The van der Waals surface area contributed by atoms with Crippen LogP contribution in [0.4, 0.5) is 0 Å². The molecule has 0 fully saturated rings. The highest BCUT2D eigenvalue weighted by Crippen LogP contribution is 2.15. The number of aromatic nitrogens is 2. The highest BCUT2D eigenvalue weighted by Gasteiger charge is 2.12. The van der Waals surface area contributed by atoms with E-state index in [1.807, 2.05) is 42.1 Å². The van der Waals surface area contributed by atoms with Gasteiger partial charge in [-0.15, -0.1) is 0 Å². The molecule has 0 saturated heterocycles. The van der Waals surface area contributed by atoms with Gasteiger partial charge in [-0.25, -0.2) is 0 Å². The summed E-state index contributed by atoms with van der Waals surface area (Å²) in [4.78, 5) is 10.9. The first kappa shape index (κ1) is 15.3. The first-order valence-corrected chi connectivity index (χ1v) is 7.07. The molecule has 0 amide bonds. The third-order valence-electron chi connectivity index (χ3n) is 3.66. The van der Waals surface area contributed by atoms with Gasteiger partial charge in [0.05, 0.1) is 5.92 Å². The van der Waals surface area contributed by atoms with Gasteiger partial charge in [0, 0.05) is 38.4 Å². The van der Waals surface area contributed by atoms with Crippen LogP contribution in [0.1, 0.15) is 29.7 Å². The van der Waals surface area contributed by atoms with E-state index >= 15 is 0 Å². The standard InChI is InChI=1S/C16H21N3O2/c1-12(16(20)21)14-5-3-13(4-6-14)11-17-9-7-15-8-10-18-19(15)2/h3-6,8,10,12,17H,7,9,11H2,1-2H3,(H,20,21). The lowest BCUT2D eigenvalue weighted by molar-refractivity contribution is -0.138. The largest absolute Gasteiger partial charge is 0.481 e. The van der Waals surface area contributed by atoms with Crippen LogP contribution >= 0.6 is 0 Å². The van der Waals surface area contributed by atoms with Crippen LogP contribution in [0.3, 0.4) is 0 Å². The Hall–Kier alpha value is -2.14. The van der Waals surface area contributed by atoms with Crippen LogP contribution in [0, 0.1) is 0 Å². The molecule has 5 nitrogen and oxygen atoms in total. The minimum absolute atomic E-state index is 0.461. The van der Waals surface area contributed by atoms with E-state index in [1.54, 1.807) is 13.1 Å². The molecule has 1 aromatic carbocycles. The summed E-state index contributed by atoms with van der Waals surface area (Å²) in [6.45, 7) is 3.36. The van der Waals surface area contributed by atoms with Crippen molar-refractivity contribution in [2.24, 2.45) is 7.05 Å². The molecule has 0 aliphatic carbocycles. The number of carboxylic acid groups (broad SMARTS) is 1. The maximum absolute atomic E-state index is 10.9. The van der Waals surface area contributed by atoms with E-state index in [0.29, 0.717) is 0 Å². The van der Waals surface area contributed by atoms with Gasteiger partial charge in [0.15, 0.2) is 0 Å². The summed E-state index contributed by atoms with van der Waals surface area (Å²) in [6, 6.07) is 9.75. The summed E-state index contributed by atoms with van der Waals surface area (Å²) in [5, 5.41) is 16.5. The molecule has 0 saturated carbocycles. The first-order valence-electron chi connectivity index (χ1n) is 7.07. The normalized spacial score (nSPS) is 12.3. The van der Waals surface area contributed by atoms with Gasteiger partial charge in [-0.1, -0.05) is 24.3 Å². The van der Waals surface area contributed by atoms with Crippen molar-refractivity contribution in [3.05, 3.63) is 53.3 Å². The Bertz CT molecular complexity index is 590. The number of benzene rings is 1. The molecule has 2 rings (SSSR count). The zero-order chi connectivity index (χ0) is 15.2. The maximum Gasteiger partial charge on any atom is 0.310 e. The Balaban J connectivity index is 1.79. The summed E-state index contributed by atoms with van der Waals surface area (Å²) in [6.07, 6.45) is 2.74. The molecule has 0 bridgehead atoms. The third kappa shape index (κ3) is 4.16. The second-order valence-corrected chi connectivity index (χ2v) is 5.17. The summed E-state index contributed by atoms with van der Waals surface area (Å²) < 4.78 is 1.88. The molecule has 1 unspecified atom stereocenters. The molecule has 2 aromatic rings. The minimum Gasteiger partial charge on any atom is -0.481 e. The molecule has 21 heavy (non-hydrogen) atoms. The van der Waals surface area contributed by atoms with E-state index in [-0.39, 0.29) is 0 Å². The number of aliphatic carboxylic acids is 1. The van der Waals surface area contributed by atoms with E-state index in [1.165, 1.54) is 5.69 Å². The van der Waals surface area contributed by atoms with Crippen LogP contribution < -0.4 is 5.32 Å². The maximum atomic E-state index is 10.9. The Morgan fingerprint density at radius 1 is 1.33 bits per heavy atom. The summed E-state index contributed by atoms with van der Waals surface area (Å²) in [7, 11) is 1.94. The van der Waals surface area contributed by atoms with E-state index in [9.17, 15) is 4.79 Å². The molecule has 0 aliphatic heterocycles. The smallest absolute Gasteiger partial charge is 0.310 e. The van der Waals surface area contributed by atoms with Crippen molar-refractivity contribution in [3.63, 3.8) is 0 Å². The van der Waals surface area contributed by atoms with E-state index < -0.39 is 11.9 Å². The third-order valence-corrected chi connectivity index (χ3v) is 3.66. The van der Waals surface area contributed by atoms with Crippen LogP contribution in [0.5, 0.6) is 0 Å². The Kier molecular flexibility index (Phi) is 5.11. The van der Waals surface area contributed by atoms with E-state index in [0.717, 1.165) is 30.6 Å². The predicted octanol–water partition coefficient (Wildman–Crippen LogP) is 1.94. The summed E-state index contributed by atoms with van der Waals surface area (Å²) in [5.74, 6) is -1.26. The van der Waals surface area contributed by atoms with Crippen molar-refractivity contribution >= 4 is 5.97 Å². The lowest BCUT2D eigenvalue weighted by Crippen LogP contribution is -2.18. The Morgan fingerprint density at radius 2 is 2.05 bits per heavy atom. The average molecular weight is 287 g/mol. The average Bonchev–Trinajstić information content (AvgIpc) is 2.89. The molecule has 1 atom stereocenters. The topological polar surface area (TPSA) is 67.2 Å². The molecule has 0 aliphatic rings. The van der Waals surface area contributed by atoms with Crippen LogP contribution in [0.15, 0.2) is 36.5 Å². The van der Waals surface area contributed by atoms with Crippen molar-refractivity contribution < 1.29 is 9.90 Å². The number of carboxylic acids is 1. The van der Waals surface area contributed by atoms with Crippen molar-refractivity contribution in [1.82, 2.24) is 15.1 Å². The number of hydrogen-bond donors (Lipinski definition) is 2. The van der Waals surface area contributed by atoms with Gasteiger partial charge >= 0.3 is 5.97 Å². The van der Waals surface area contributed by atoms with Crippen molar-refractivity contribution in [2.45, 2.75) is 25.8 Å². The number of nitrogens with one attached hydrogen (secondary N) is 1. The molecule has 1 heterocycles. The fourth-order valence-corrected chi connectivity index (χ4v) is 2.16.